The van der Waals surface area contributed by atoms with Gasteiger partial charge in [-0.05, 0) is 37.5 Å². The lowest BCUT2D eigenvalue weighted by Crippen LogP contribution is -2.30. The van der Waals surface area contributed by atoms with Crippen molar-refractivity contribution >= 4 is 27.6 Å². The molecule has 0 unspecified atom stereocenters. The molecule has 0 aliphatic heterocycles. The zero-order valence-corrected chi connectivity index (χ0v) is 14.8. The van der Waals surface area contributed by atoms with E-state index in [9.17, 15) is 0 Å². The SMILES string of the molecule is [2H]c1c[n+](C)c(-c2c(C)cc(C)c3c2oc2c([N+]#[C-])cccc23)cc1C. The smallest absolute Gasteiger partial charge is 0.229 e. The van der Waals surface area contributed by atoms with Crippen molar-refractivity contribution in [3.05, 3.63) is 70.7 Å². The van der Waals surface area contributed by atoms with Crippen LogP contribution in [-0.2, 0) is 7.05 Å². The van der Waals surface area contributed by atoms with Gasteiger partial charge in [-0.1, -0.05) is 24.3 Å². The number of aromatic nitrogens is 1. The van der Waals surface area contributed by atoms with Gasteiger partial charge in [0.25, 0.3) is 0 Å². The Labute approximate surface area is 148 Å². The molecule has 122 valence electrons. The molecule has 0 amide bonds. The molecule has 0 radical (unpaired) electrons. The van der Waals surface area contributed by atoms with Crippen LogP contribution in [0.1, 0.15) is 18.1 Å². The quantitative estimate of drug-likeness (QED) is 0.331. The number of rotatable bonds is 1. The normalized spacial score (nSPS) is 11.7. The molecule has 0 bridgehead atoms. The lowest BCUT2D eigenvalue weighted by Gasteiger charge is -2.08. The third-order valence-corrected chi connectivity index (χ3v) is 4.74. The van der Waals surface area contributed by atoms with E-state index in [-0.39, 0.29) is 0 Å². The Balaban J connectivity index is 2.21. The maximum Gasteiger partial charge on any atom is 0.229 e. The molecule has 0 atom stereocenters. The maximum absolute atomic E-state index is 8.03. The van der Waals surface area contributed by atoms with Gasteiger partial charge in [-0.15, -0.1) is 0 Å². The van der Waals surface area contributed by atoms with Gasteiger partial charge in [-0.25, -0.2) is 9.41 Å². The summed E-state index contributed by atoms with van der Waals surface area (Å²) < 4.78 is 16.3. The molecule has 4 aromatic rings. The van der Waals surface area contributed by atoms with Crippen LogP contribution in [0, 0.1) is 27.3 Å². The van der Waals surface area contributed by atoms with Crippen molar-refractivity contribution < 1.29 is 10.4 Å². The van der Waals surface area contributed by atoms with Crippen molar-refractivity contribution in [2.24, 2.45) is 7.05 Å². The van der Waals surface area contributed by atoms with Crippen LogP contribution in [0.5, 0.6) is 0 Å². The molecule has 3 nitrogen and oxygen atoms in total. The van der Waals surface area contributed by atoms with Crippen LogP contribution in [-0.4, -0.2) is 0 Å². The van der Waals surface area contributed by atoms with E-state index in [4.69, 9.17) is 12.4 Å². The minimum atomic E-state index is 0.511. The molecular weight excluding hydrogens is 308 g/mol. The van der Waals surface area contributed by atoms with E-state index in [1.54, 1.807) is 6.07 Å². The fourth-order valence-electron chi connectivity index (χ4n) is 3.59. The lowest BCUT2D eigenvalue weighted by atomic mass is 9.96. The topological polar surface area (TPSA) is 21.4 Å². The van der Waals surface area contributed by atoms with Crippen LogP contribution in [0.15, 0.2) is 47.0 Å². The van der Waals surface area contributed by atoms with Gasteiger partial charge in [0.05, 0.1) is 13.5 Å². The number of furan rings is 1. The Morgan fingerprint density at radius 2 is 1.92 bits per heavy atom. The van der Waals surface area contributed by atoms with Gasteiger partial charge in [0.1, 0.15) is 18.2 Å². The number of pyridine rings is 1. The van der Waals surface area contributed by atoms with Crippen LogP contribution in [0.4, 0.5) is 5.69 Å². The molecule has 4 rings (SSSR count). The van der Waals surface area contributed by atoms with Crippen LogP contribution < -0.4 is 4.57 Å². The van der Waals surface area contributed by atoms with Gasteiger partial charge < -0.3 is 4.42 Å². The van der Waals surface area contributed by atoms with E-state index in [1.807, 2.05) is 42.9 Å². The highest BCUT2D eigenvalue weighted by atomic mass is 16.3. The second-order valence-corrected chi connectivity index (χ2v) is 6.55. The summed E-state index contributed by atoms with van der Waals surface area (Å²) in [5.74, 6) is 0. The first kappa shape index (κ1) is 14.2. The summed E-state index contributed by atoms with van der Waals surface area (Å²) in [5.41, 5.74) is 7.18. The molecule has 0 aliphatic carbocycles. The standard InChI is InChI=1S/C22H19N2O/c1-13-9-10-24(5)18(11-13)20-15(3)12-14(2)19-16-7-6-8-17(23-4)21(16)25-22(19)20/h6-12H,1-3,5H3/q+1/i9D. The van der Waals surface area contributed by atoms with E-state index in [0.717, 1.165) is 44.3 Å². The lowest BCUT2D eigenvalue weighted by molar-refractivity contribution is -0.660. The molecule has 0 N–H and O–H groups in total. The summed E-state index contributed by atoms with van der Waals surface area (Å²) >= 11 is 0. The number of fused-ring (bicyclic) bond motifs is 3. The second-order valence-electron chi connectivity index (χ2n) is 6.55. The molecule has 0 saturated carbocycles. The highest BCUT2D eigenvalue weighted by molar-refractivity contribution is 6.14. The van der Waals surface area contributed by atoms with Crippen LogP contribution in [0.3, 0.4) is 0 Å². The average Bonchev–Trinajstić information content (AvgIpc) is 2.98. The van der Waals surface area contributed by atoms with Gasteiger partial charge >= 0.3 is 0 Å². The van der Waals surface area contributed by atoms with E-state index in [2.05, 4.69) is 24.8 Å². The predicted molar refractivity (Wildman–Crippen MR) is 101 cm³/mol. The summed E-state index contributed by atoms with van der Waals surface area (Å²) in [6, 6.07) is 10.4. The molecular formula is C22H19N2O+. The second kappa shape index (κ2) is 5.46. The summed E-state index contributed by atoms with van der Waals surface area (Å²) in [6.07, 6.45) is 1.82. The molecule has 0 saturated heterocycles. The van der Waals surface area contributed by atoms with Crippen LogP contribution in [0.25, 0.3) is 38.0 Å². The highest BCUT2D eigenvalue weighted by Crippen LogP contribution is 2.41. The number of aryl methyl sites for hydroxylation is 4. The Hall–Kier alpha value is -3.12. The minimum Gasteiger partial charge on any atom is -0.466 e. The molecule has 3 heteroatoms. The Bertz CT molecular complexity index is 1250. The van der Waals surface area contributed by atoms with Crippen molar-refractivity contribution in [1.82, 2.24) is 0 Å². The Morgan fingerprint density at radius 3 is 2.68 bits per heavy atom. The summed E-state index contributed by atoms with van der Waals surface area (Å²) in [5, 5.41) is 2.03. The number of para-hydroxylation sites is 1. The molecule has 0 aliphatic rings. The van der Waals surface area contributed by atoms with Gasteiger partial charge in [-0.2, -0.15) is 0 Å². The fraction of sp³-hybridized carbons (Fsp3) is 0.182. The maximum atomic E-state index is 8.03. The van der Waals surface area contributed by atoms with E-state index in [1.165, 1.54) is 0 Å². The third kappa shape index (κ3) is 2.22. The molecule has 2 aromatic heterocycles. The molecule has 2 heterocycles. The van der Waals surface area contributed by atoms with E-state index < -0.39 is 0 Å². The monoisotopic (exact) mass is 328 g/mol. The van der Waals surface area contributed by atoms with Crippen molar-refractivity contribution in [3.8, 4) is 11.3 Å². The molecule has 0 spiro atoms. The number of nitrogens with zero attached hydrogens (tertiary/aromatic N) is 2. The summed E-state index contributed by atoms with van der Waals surface area (Å²) in [4.78, 5) is 3.62. The first-order valence-corrected chi connectivity index (χ1v) is 8.22. The zero-order valence-electron chi connectivity index (χ0n) is 15.8. The van der Waals surface area contributed by atoms with Gasteiger partial charge in [0.15, 0.2) is 6.20 Å². The van der Waals surface area contributed by atoms with Gasteiger partial charge in [0, 0.05) is 22.9 Å². The first-order valence-electron chi connectivity index (χ1n) is 8.72. The zero-order chi connectivity index (χ0) is 18.6. The summed E-state index contributed by atoms with van der Waals surface area (Å²) in [7, 11) is 1.95. The number of hydrogen-bond acceptors (Lipinski definition) is 1. The highest BCUT2D eigenvalue weighted by Gasteiger charge is 2.22. The van der Waals surface area contributed by atoms with Crippen LogP contribution in [0.2, 0.25) is 0 Å². The molecule has 25 heavy (non-hydrogen) atoms. The van der Waals surface area contributed by atoms with Crippen molar-refractivity contribution in [2.75, 3.05) is 0 Å². The van der Waals surface area contributed by atoms with Crippen molar-refractivity contribution in [3.63, 3.8) is 0 Å². The Kier molecular flexibility index (Phi) is 3.11. The van der Waals surface area contributed by atoms with Gasteiger partial charge in [0.2, 0.25) is 11.4 Å². The van der Waals surface area contributed by atoms with Crippen LogP contribution >= 0.6 is 0 Å². The molecule has 2 aromatic carbocycles. The largest absolute Gasteiger partial charge is 0.466 e. The predicted octanol–water partition coefficient (Wildman–Crippen LogP) is 5.55. The molecule has 0 fully saturated rings. The third-order valence-electron chi connectivity index (χ3n) is 4.74. The average molecular weight is 328 g/mol. The fourth-order valence-corrected chi connectivity index (χ4v) is 3.59. The van der Waals surface area contributed by atoms with E-state index in [0.29, 0.717) is 17.3 Å². The summed E-state index contributed by atoms with van der Waals surface area (Å²) in [6.45, 7) is 13.5. The number of benzene rings is 2. The van der Waals surface area contributed by atoms with Gasteiger partial charge in [-0.3, -0.25) is 0 Å². The minimum absolute atomic E-state index is 0.511. The van der Waals surface area contributed by atoms with Crippen molar-refractivity contribution in [2.45, 2.75) is 20.8 Å². The van der Waals surface area contributed by atoms with Crippen molar-refractivity contribution in [1.29, 1.82) is 0 Å². The number of hydrogen-bond donors (Lipinski definition) is 0. The first-order chi connectivity index (χ1) is 12.4. The Morgan fingerprint density at radius 1 is 1.12 bits per heavy atom. The van der Waals surface area contributed by atoms with E-state index >= 15 is 0 Å².